The Morgan fingerprint density at radius 3 is 2.47 bits per heavy atom. The molecule has 0 N–H and O–H groups in total. The zero-order valence-electron chi connectivity index (χ0n) is 19.5. The molecule has 32 heavy (non-hydrogen) atoms. The van der Waals surface area contributed by atoms with E-state index in [4.69, 9.17) is 4.74 Å². The van der Waals surface area contributed by atoms with E-state index in [1.165, 1.54) is 36.9 Å². The summed E-state index contributed by atoms with van der Waals surface area (Å²) >= 11 is 0. The lowest BCUT2D eigenvalue weighted by molar-refractivity contribution is -0.0281. The summed E-state index contributed by atoms with van der Waals surface area (Å²) in [5.41, 5.74) is 4.93. The third kappa shape index (κ3) is 4.52. The molecule has 6 heteroatoms. The van der Waals surface area contributed by atoms with Crippen molar-refractivity contribution in [1.82, 2.24) is 19.8 Å². The van der Waals surface area contributed by atoms with E-state index in [1.807, 2.05) is 12.4 Å². The summed E-state index contributed by atoms with van der Waals surface area (Å²) in [7, 11) is 0. The van der Waals surface area contributed by atoms with Gasteiger partial charge in [0.1, 0.15) is 0 Å². The molecule has 2 aromatic rings. The molecule has 3 aliphatic heterocycles. The van der Waals surface area contributed by atoms with E-state index in [1.54, 1.807) is 0 Å². The molecule has 0 amide bonds. The summed E-state index contributed by atoms with van der Waals surface area (Å²) < 4.78 is 5.81. The molecule has 2 fully saturated rings. The number of hydrogen-bond acceptors (Lipinski definition) is 6. The number of piperidine rings is 1. The fraction of sp³-hybridized carbons (Fsp3) is 0.538. The van der Waals surface area contributed by atoms with Gasteiger partial charge in [-0.15, -0.1) is 0 Å². The molecule has 2 saturated heterocycles. The highest BCUT2D eigenvalue weighted by Gasteiger charge is 2.30. The van der Waals surface area contributed by atoms with Crippen molar-refractivity contribution < 1.29 is 4.74 Å². The quantitative estimate of drug-likeness (QED) is 0.734. The normalized spacial score (nSPS) is 21.9. The predicted molar refractivity (Wildman–Crippen MR) is 128 cm³/mol. The minimum absolute atomic E-state index is 0.162. The van der Waals surface area contributed by atoms with Crippen molar-refractivity contribution in [2.24, 2.45) is 0 Å². The summed E-state index contributed by atoms with van der Waals surface area (Å²) in [4.78, 5) is 16.6. The van der Waals surface area contributed by atoms with E-state index in [9.17, 15) is 0 Å². The van der Waals surface area contributed by atoms with Crippen LogP contribution in [0.4, 0.5) is 5.95 Å². The molecule has 0 spiro atoms. The van der Waals surface area contributed by atoms with E-state index in [2.05, 4.69) is 69.4 Å². The lowest BCUT2D eigenvalue weighted by atomic mass is 9.95. The second kappa shape index (κ2) is 8.83. The van der Waals surface area contributed by atoms with Gasteiger partial charge in [-0.25, -0.2) is 9.97 Å². The summed E-state index contributed by atoms with van der Waals surface area (Å²) in [5.74, 6) is 0.780. The van der Waals surface area contributed by atoms with Crippen LogP contribution in [0, 0.1) is 0 Å². The first kappa shape index (κ1) is 21.4. The number of morpholine rings is 1. The zero-order valence-corrected chi connectivity index (χ0v) is 19.5. The first-order valence-electron chi connectivity index (χ1n) is 11.9. The Morgan fingerprint density at radius 2 is 1.75 bits per heavy atom. The number of aromatic nitrogens is 2. The van der Waals surface area contributed by atoms with E-state index in [0.717, 1.165) is 49.9 Å². The summed E-state index contributed by atoms with van der Waals surface area (Å²) in [5, 5.41) is 0. The van der Waals surface area contributed by atoms with Crippen LogP contribution in [0.2, 0.25) is 0 Å². The number of rotatable bonds is 4. The molecule has 6 nitrogen and oxygen atoms in total. The predicted octanol–water partition coefficient (Wildman–Crippen LogP) is 3.59. The third-order valence-corrected chi connectivity index (χ3v) is 7.20. The maximum absolute atomic E-state index is 5.81. The molecule has 5 rings (SSSR count). The minimum atomic E-state index is -0.162. The smallest absolute Gasteiger partial charge is 0.225 e. The molecule has 0 bridgehead atoms. The van der Waals surface area contributed by atoms with Gasteiger partial charge in [-0.05, 0) is 44.2 Å². The number of hydrogen-bond donors (Lipinski definition) is 0. The lowest BCUT2D eigenvalue weighted by Gasteiger charge is -2.42. The van der Waals surface area contributed by atoms with Crippen LogP contribution in [-0.4, -0.2) is 70.7 Å². The molecule has 0 saturated carbocycles. The topological polar surface area (TPSA) is 44.7 Å². The Morgan fingerprint density at radius 1 is 1.03 bits per heavy atom. The molecule has 1 aromatic heterocycles. The average Bonchev–Trinajstić information content (AvgIpc) is 2.83. The van der Waals surface area contributed by atoms with Crippen LogP contribution in [0.25, 0.3) is 5.70 Å². The van der Waals surface area contributed by atoms with Crippen LogP contribution in [0.5, 0.6) is 0 Å². The molecule has 0 atom stereocenters. The van der Waals surface area contributed by atoms with Gasteiger partial charge in [0.25, 0.3) is 0 Å². The Bertz CT molecular complexity index is 949. The standard InChI is InChI=1S/C26H35N5O/c1-20(23-16-27-25(28-17-23)31-14-15-32-26(2,3)19-31)29-12-9-24(10-13-29)30-11-8-21-6-4-5-7-22(21)18-30/h4-7,16-17,24H,1,8-15,18-19H2,2-3H3. The van der Waals surface area contributed by atoms with Crippen LogP contribution >= 0.6 is 0 Å². The van der Waals surface area contributed by atoms with E-state index in [-0.39, 0.29) is 5.60 Å². The van der Waals surface area contributed by atoms with Crippen LogP contribution in [0.3, 0.4) is 0 Å². The van der Waals surface area contributed by atoms with E-state index in [0.29, 0.717) is 12.6 Å². The molecule has 1 aromatic carbocycles. The monoisotopic (exact) mass is 433 g/mol. The van der Waals surface area contributed by atoms with Crippen molar-refractivity contribution in [2.45, 2.75) is 51.3 Å². The molecule has 0 unspecified atom stereocenters. The van der Waals surface area contributed by atoms with Gasteiger partial charge >= 0.3 is 0 Å². The van der Waals surface area contributed by atoms with E-state index >= 15 is 0 Å². The second-order valence-electron chi connectivity index (χ2n) is 9.96. The first-order chi connectivity index (χ1) is 15.5. The largest absolute Gasteiger partial charge is 0.372 e. The van der Waals surface area contributed by atoms with Crippen molar-refractivity contribution >= 4 is 11.6 Å². The molecule has 4 heterocycles. The minimum Gasteiger partial charge on any atom is -0.372 e. The Balaban J connectivity index is 1.16. The molecule has 170 valence electrons. The van der Waals surface area contributed by atoms with Crippen molar-refractivity contribution in [2.75, 3.05) is 44.2 Å². The van der Waals surface area contributed by atoms with Crippen molar-refractivity contribution in [3.63, 3.8) is 0 Å². The van der Waals surface area contributed by atoms with Gasteiger partial charge < -0.3 is 14.5 Å². The summed E-state index contributed by atoms with van der Waals surface area (Å²) in [6.45, 7) is 15.3. The SMILES string of the molecule is C=C(c1cnc(N2CCOC(C)(C)C2)nc1)N1CCC(N2CCc3ccccc3C2)CC1. The zero-order chi connectivity index (χ0) is 22.1. The van der Waals surface area contributed by atoms with Gasteiger partial charge in [-0.2, -0.15) is 0 Å². The number of nitrogens with zero attached hydrogens (tertiary/aromatic N) is 5. The Kier molecular flexibility index (Phi) is 5.91. The van der Waals surface area contributed by atoms with Crippen molar-refractivity contribution in [3.8, 4) is 0 Å². The van der Waals surface area contributed by atoms with Gasteiger partial charge in [-0.1, -0.05) is 30.8 Å². The Labute approximate surface area is 191 Å². The van der Waals surface area contributed by atoms with Gasteiger partial charge in [0.15, 0.2) is 0 Å². The van der Waals surface area contributed by atoms with Gasteiger partial charge in [-0.3, -0.25) is 4.90 Å². The molecular formula is C26H35N5O. The fourth-order valence-corrected chi connectivity index (χ4v) is 5.33. The molecule has 3 aliphatic rings. The maximum atomic E-state index is 5.81. The number of anilines is 1. The van der Waals surface area contributed by atoms with Crippen LogP contribution in [0.1, 0.15) is 43.4 Å². The van der Waals surface area contributed by atoms with Gasteiger partial charge in [0, 0.05) is 69.0 Å². The van der Waals surface area contributed by atoms with Crippen molar-refractivity contribution in [1.29, 1.82) is 0 Å². The summed E-state index contributed by atoms with van der Waals surface area (Å²) in [6.07, 6.45) is 7.40. The summed E-state index contributed by atoms with van der Waals surface area (Å²) in [6, 6.07) is 9.57. The lowest BCUT2D eigenvalue weighted by Crippen LogP contribution is -2.49. The first-order valence-corrected chi connectivity index (χ1v) is 11.9. The second-order valence-corrected chi connectivity index (χ2v) is 9.96. The Hall–Kier alpha value is -2.44. The van der Waals surface area contributed by atoms with Crippen molar-refractivity contribution in [3.05, 3.63) is 59.9 Å². The highest BCUT2D eigenvalue weighted by atomic mass is 16.5. The molecule has 0 aliphatic carbocycles. The highest BCUT2D eigenvalue weighted by Crippen LogP contribution is 2.28. The van der Waals surface area contributed by atoms with E-state index < -0.39 is 0 Å². The number of benzene rings is 1. The number of ether oxygens (including phenoxy) is 1. The molecular weight excluding hydrogens is 398 g/mol. The van der Waals surface area contributed by atoms with Crippen LogP contribution in [0.15, 0.2) is 43.2 Å². The average molecular weight is 434 g/mol. The van der Waals surface area contributed by atoms with Crippen LogP contribution < -0.4 is 4.90 Å². The van der Waals surface area contributed by atoms with Gasteiger partial charge in [0.05, 0.1) is 12.2 Å². The number of likely N-dealkylation sites (tertiary alicyclic amines) is 1. The highest BCUT2D eigenvalue weighted by molar-refractivity contribution is 5.61. The maximum Gasteiger partial charge on any atom is 0.225 e. The van der Waals surface area contributed by atoms with Gasteiger partial charge in [0.2, 0.25) is 5.95 Å². The molecule has 0 radical (unpaired) electrons. The number of fused-ring (bicyclic) bond motifs is 1. The third-order valence-electron chi connectivity index (χ3n) is 7.20. The fourth-order valence-electron chi connectivity index (χ4n) is 5.33. The van der Waals surface area contributed by atoms with Crippen LogP contribution in [-0.2, 0) is 17.7 Å².